The van der Waals surface area contributed by atoms with Crippen molar-refractivity contribution in [3.63, 3.8) is 0 Å². The van der Waals surface area contributed by atoms with E-state index in [0.717, 1.165) is 44.8 Å². The normalized spacial score (nSPS) is 20.6. The average molecular weight is 646 g/mol. The van der Waals surface area contributed by atoms with Gasteiger partial charge in [-0.3, -0.25) is 9.69 Å². The third-order valence-electron chi connectivity index (χ3n) is 7.11. The van der Waals surface area contributed by atoms with Gasteiger partial charge in [0.15, 0.2) is 0 Å². The molecule has 2 fully saturated rings. The van der Waals surface area contributed by atoms with E-state index in [4.69, 9.17) is 29.3 Å². The lowest BCUT2D eigenvalue weighted by Crippen LogP contribution is -2.63. The van der Waals surface area contributed by atoms with Gasteiger partial charge in [-0.05, 0) is 30.4 Å². The highest BCUT2D eigenvalue weighted by molar-refractivity contribution is 5.77. The maximum absolute atomic E-state index is 12.1. The molecule has 252 valence electrons. The van der Waals surface area contributed by atoms with Crippen molar-refractivity contribution < 1.29 is 60.4 Å². The number of nitrogens with zero attached hydrogens (tertiary/aromatic N) is 2. The molecule has 0 bridgehead atoms. The molecule has 1 saturated heterocycles. The van der Waals surface area contributed by atoms with Crippen molar-refractivity contribution in [1.29, 1.82) is 0 Å². The second-order valence-corrected chi connectivity index (χ2v) is 10.9. The molecule has 1 amide bonds. The van der Waals surface area contributed by atoms with Gasteiger partial charge < -0.3 is 29.9 Å². The molecular weight excluding hydrogens is 604 g/mol. The van der Waals surface area contributed by atoms with E-state index in [0.29, 0.717) is 12.5 Å². The lowest BCUT2D eigenvalue weighted by Gasteiger charge is -2.50. The van der Waals surface area contributed by atoms with Crippen LogP contribution < -0.4 is 10.1 Å². The zero-order valence-corrected chi connectivity index (χ0v) is 25.3. The summed E-state index contributed by atoms with van der Waals surface area (Å²) in [6.07, 6.45) is -5.70. The Morgan fingerprint density at radius 1 is 1.09 bits per heavy atom. The number of likely N-dealkylation sites (N-methyl/N-ethyl adjacent to an activating group) is 1. The van der Waals surface area contributed by atoms with Crippen LogP contribution in [0.1, 0.15) is 56.6 Å². The summed E-state index contributed by atoms with van der Waals surface area (Å²) in [4.78, 5) is 34.1. The quantitative estimate of drug-likeness (QED) is 0.373. The highest BCUT2D eigenvalue weighted by Gasteiger charge is 2.45. The Bertz CT molecular complexity index is 1070. The minimum absolute atomic E-state index is 0.110. The van der Waals surface area contributed by atoms with E-state index >= 15 is 0 Å². The number of methoxy groups -OCH3 is 1. The number of carboxylic acid groups (broad SMARTS) is 2. The molecule has 1 saturated carbocycles. The standard InChI is InChI=1S/C24H39N3O3.2C2HF3O2/c1-18(2)19-9-10-21(29-5)20(14-19)16-27-12-13-30-24(17-27)11-7-6-8-22(24)25-15-23(28)26(3)4;2*3-2(4,5)1(6)7/h9-10,14,18,22,25H,6-8,11-13,15-17H2,1-5H3;2*(H,6,7). The number of carbonyl (C=O) groups excluding carboxylic acids is 1. The summed E-state index contributed by atoms with van der Waals surface area (Å²) >= 11 is 0. The molecule has 16 heteroatoms. The number of hydrogen-bond acceptors (Lipinski definition) is 7. The molecular formula is C28H41F6N3O7. The number of carboxylic acids is 2. The molecule has 1 heterocycles. The number of halogens is 6. The number of ether oxygens (including phenoxy) is 2. The smallest absolute Gasteiger partial charge is 0.490 e. The predicted octanol–water partition coefficient (Wildman–Crippen LogP) is 4.28. The molecule has 2 atom stereocenters. The minimum atomic E-state index is -5.08. The van der Waals surface area contributed by atoms with Gasteiger partial charge in [0.2, 0.25) is 5.91 Å². The summed E-state index contributed by atoms with van der Waals surface area (Å²) in [5.74, 6) is -3.96. The molecule has 1 aliphatic heterocycles. The second kappa shape index (κ2) is 16.8. The van der Waals surface area contributed by atoms with E-state index in [-0.39, 0.29) is 17.6 Å². The zero-order chi connectivity index (χ0) is 33.9. The van der Waals surface area contributed by atoms with Gasteiger partial charge >= 0.3 is 24.3 Å². The van der Waals surface area contributed by atoms with Gasteiger partial charge in [0.25, 0.3) is 0 Å². The molecule has 2 unspecified atom stereocenters. The van der Waals surface area contributed by atoms with E-state index in [1.165, 1.54) is 24.0 Å². The first-order chi connectivity index (χ1) is 20.2. The summed E-state index contributed by atoms with van der Waals surface area (Å²) in [6, 6.07) is 6.76. The number of morpholine rings is 1. The van der Waals surface area contributed by atoms with Crippen LogP contribution in [0.2, 0.25) is 0 Å². The molecule has 1 aromatic carbocycles. The number of carbonyl (C=O) groups is 3. The average Bonchev–Trinajstić information content (AvgIpc) is 2.92. The first-order valence-corrected chi connectivity index (χ1v) is 13.8. The first-order valence-electron chi connectivity index (χ1n) is 13.8. The van der Waals surface area contributed by atoms with Crippen molar-refractivity contribution >= 4 is 17.8 Å². The Labute approximate surface area is 252 Å². The van der Waals surface area contributed by atoms with Crippen LogP contribution in [0.5, 0.6) is 5.75 Å². The van der Waals surface area contributed by atoms with Crippen molar-refractivity contribution in [1.82, 2.24) is 15.1 Å². The molecule has 44 heavy (non-hydrogen) atoms. The number of hydrogen-bond donors (Lipinski definition) is 3. The van der Waals surface area contributed by atoms with Gasteiger partial charge in [-0.25, -0.2) is 9.59 Å². The van der Waals surface area contributed by atoms with E-state index in [2.05, 4.69) is 42.3 Å². The van der Waals surface area contributed by atoms with Crippen molar-refractivity contribution in [2.45, 2.75) is 76.0 Å². The third-order valence-corrected chi connectivity index (χ3v) is 7.11. The zero-order valence-electron chi connectivity index (χ0n) is 25.3. The number of nitrogens with one attached hydrogen (secondary N) is 1. The second-order valence-electron chi connectivity index (χ2n) is 10.9. The summed E-state index contributed by atoms with van der Waals surface area (Å²) in [5.41, 5.74) is 2.36. The van der Waals surface area contributed by atoms with Crippen LogP contribution in [0.15, 0.2) is 18.2 Å². The predicted molar refractivity (Wildman–Crippen MR) is 147 cm³/mol. The Morgan fingerprint density at radius 3 is 2.14 bits per heavy atom. The Kier molecular flexibility index (Phi) is 14.9. The first kappa shape index (κ1) is 38.9. The summed E-state index contributed by atoms with van der Waals surface area (Å²) in [7, 11) is 5.36. The third kappa shape index (κ3) is 12.5. The lowest BCUT2D eigenvalue weighted by atomic mass is 9.78. The van der Waals surface area contributed by atoms with Crippen LogP contribution in [0.25, 0.3) is 0 Å². The van der Waals surface area contributed by atoms with Crippen molar-refractivity contribution in [3.8, 4) is 5.75 Å². The number of benzene rings is 1. The molecule has 1 spiro atoms. The van der Waals surface area contributed by atoms with E-state index in [9.17, 15) is 31.1 Å². The molecule has 2 aliphatic rings. The highest BCUT2D eigenvalue weighted by atomic mass is 19.4. The van der Waals surface area contributed by atoms with Crippen LogP contribution in [-0.2, 0) is 25.7 Å². The van der Waals surface area contributed by atoms with Crippen LogP contribution in [-0.4, -0.2) is 109 Å². The molecule has 1 aromatic rings. The topological polar surface area (TPSA) is 129 Å². The summed E-state index contributed by atoms with van der Waals surface area (Å²) in [6.45, 7) is 8.21. The summed E-state index contributed by atoms with van der Waals surface area (Å²) in [5, 5.41) is 17.8. The Morgan fingerprint density at radius 2 is 1.66 bits per heavy atom. The van der Waals surface area contributed by atoms with Gasteiger partial charge in [-0.1, -0.05) is 38.8 Å². The van der Waals surface area contributed by atoms with Crippen LogP contribution in [0.3, 0.4) is 0 Å². The van der Waals surface area contributed by atoms with Gasteiger partial charge in [0.05, 0.1) is 25.9 Å². The molecule has 10 nitrogen and oxygen atoms in total. The molecule has 0 radical (unpaired) electrons. The fourth-order valence-corrected chi connectivity index (χ4v) is 4.77. The summed E-state index contributed by atoms with van der Waals surface area (Å²) < 4.78 is 75.6. The Hall–Kier alpha value is -3.11. The number of alkyl halides is 6. The minimum Gasteiger partial charge on any atom is -0.496 e. The van der Waals surface area contributed by atoms with Crippen molar-refractivity contribution in [2.24, 2.45) is 0 Å². The van der Waals surface area contributed by atoms with E-state index in [1.807, 2.05) is 0 Å². The monoisotopic (exact) mass is 645 g/mol. The number of amides is 1. The maximum Gasteiger partial charge on any atom is 0.490 e. The molecule has 0 aromatic heterocycles. The maximum atomic E-state index is 12.1. The largest absolute Gasteiger partial charge is 0.496 e. The van der Waals surface area contributed by atoms with Crippen LogP contribution >= 0.6 is 0 Å². The Balaban J connectivity index is 0.000000574. The van der Waals surface area contributed by atoms with E-state index < -0.39 is 24.3 Å². The SMILES string of the molecule is COc1ccc(C(C)C)cc1CN1CCOC2(CCCCC2NCC(=O)N(C)C)C1.O=C(O)C(F)(F)F.O=C(O)C(F)(F)F. The highest BCUT2D eigenvalue weighted by Crippen LogP contribution is 2.36. The van der Waals surface area contributed by atoms with Gasteiger partial charge in [0.1, 0.15) is 5.75 Å². The number of aliphatic carboxylic acids is 2. The van der Waals surface area contributed by atoms with Crippen molar-refractivity contribution in [2.75, 3.05) is 47.4 Å². The van der Waals surface area contributed by atoms with Crippen LogP contribution in [0, 0.1) is 0 Å². The van der Waals surface area contributed by atoms with Gasteiger partial charge in [-0.2, -0.15) is 26.3 Å². The van der Waals surface area contributed by atoms with Gasteiger partial charge in [-0.15, -0.1) is 0 Å². The number of rotatable bonds is 7. The lowest BCUT2D eigenvalue weighted by molar-refractivity contribution is -0.193. The van der Waals surface area contributed by atoms with Crippen molar-refractivity contribution in [3.05, 3.63) is 29.3 Å². The molecule has 3 rings (SSSR count). The fourth-order valence-electron chi connectivity index (χ4n) is 4.77. The van der Waals surface area contributed by atoms with E-state index in [1.54, 1.807) is 26.1 Å². The molecule has 1 aliphatic carbocycles. The van der Waals surface area contributed by atoms with Crippen LogP contribution in [0.4, 0.5) is 26.3 Å². The fraction of sp³-hybridized carbons (Fsp3) is 0.679. The molecule has 3 N–H and O–H groups in total. The van der Waals surface area contributed by atoms with Gasteiger partial charge in [0, 0.05) is 45.3 Å².